The predicted octanol–water partition coefficient (Wildman–Crippen LogP) is 3.28. The molecule has 1 atom stereocenters. The van der Waals surface area contributed by atoms with Crippen LogP contribution >= 0.6 is 0 Å². The lowest BCUT2D eigenvalue weighted by molar-refractivity contribution is 0.182. The van der Waals surface area contributed by atoms with Crippen molar-refractivity contribution in [3.05, 3.63) is 29.6 Å². The van der Waals surface area contributed by atoms with Gasteiger partial charge in [-0.15, -0.1) is 0 Å². The summed E-state index contributed by atoms with van der Waals surface area (Å²) in [4.78, 5) is 0. The van der Waals surface area contributed by atoms with Gasteiger partial charge in [-0.3, -0.25) is 0 Å². The first-order valence-electron chi connectivity index (χ1n) is 6.28. The molecule has 0 saturated carbocycles. The van der Waals surface area contributed by atoms with Crippen molar-refractivity contribution >= 4 is 0 Å². The second-order valence-corrected chi connectivity index (χ2v) is 4.47. The lowest BCUT2D eigenvalue weighted by Gasteiger charge is -2.19. The van der Waals surface area contributed by atoms with Gasteiger partial charge in [0.15, 0.2) is 11.6 Å². The van der Waals surface area contributed by atoms with E-state index in [2.05, 4.69) is 0 Å². The molecule has 0 radical (unpaired) electrons. The van der Waals surface area contributed by atoms with E-state index < -0.39 is 0 Å². The van der Waals surface area contributed by atoms with Gasteiger partial charge in [-0.05, 0) is 37.8 Å². The fourth-order valence-corrected chi connectivity index (χ4v) is 1.82. The molecule has 17 heavy (non-hydrogen) atoms. The van der Waals surface area contributed by atoms with Crippen molar-refractivity contribution in [3.8, 4) is 5.75 Å². The number of hydrogen-bond donors (Lipinski definition) is 1. The second-order valence-electron chi connectivity index (χ2n) is 4.47. The Morgan fingerprint density at radius 2 is 1.94 bits per heavy atom. The average molecular weight is 239 g/mol. The van der Waals surface area contributed by atoms with Crippen LogP contribution < -0.4 is 10.5 Å². The van der Waals surface area contributed by atoms with Gasteiger partial charge in [0.1, 0.15) is 0 Å². The van der Waals surface area contributed by atoms with Crippen molar-refractivity contribution in [2.75, 3.05) is 0 Å². The summed E-state index contributed by atoms with van der Waals surface area (Å²) in [5.74, 6) is 0.0774. The molecular formula is C14H22FNO. The van der Waals surface area contributed by atoms with Gasteiger partial charge in [-0.25, -0.2) is 4.39 Å². The molecule has 1 unspecified atom stereocenters. The van der Waals surface area contributed by atoms with Crippen molar-refractivity contribution in [2.24, 2.45) is 5.73 Å². The summed E-state index contributed by atoms with van der Waals surface area (Å²) in [6.07, 6.45) is 2.46. The molecule has 2 nitrogen and oxygen atoms in total. The van der Waals surface area contributed by atoms with Crippen LogP contribution in [0.5, 0.6) is 5.75 Å². The minimum absolute atomic E-state index is 0.000790. The van der Waals surface area contributed by atoms with Gasteiger partial charge in [-0.1, -0.05) is 26.0 Å². The summed E-state index contributed by atoms with van der Waals surface area (Å²) >= 11 is 0. The molecule has 0 aliphatic carbocycles. The van der Waals surface area contributed by atoms with Crippen LogP contribution in [0.2, 0.25) is 0 Å². The molecule has 0 aromatic heterocycles. The Morgan fingerprint density at radius 1 is 1.29 bits per heavy atom. The normalized spacial score (nSPS) is 12.8. The van der Waals surface area contributed by atoms with Crippen molar-refractivity contribution in [1.29, 1.82) is 0 Å². The van der Waals surface area contributed by atoms with E-state index in [4.69, 9.17) is 10.5 Å². The fraction of sp³-hybridized carbons (Fsp3) is 0.571. The van der Waals surface area contributed by atoms with Gasteiger partial charge < -0.3 is 10.5 Å². The van der Waals surface area contributed by atoms with Crippen molar-refractivity contribution < 1.29 is 9.13 Å². The SMILES string of the molecule is CCC(CC)Oc1c(F)cccc1CC(C)N. The summed E-state index contributed by atoms with van der Waals surface area (Å²) in [6.45, 7) is 5.99. The summed E-state index contributed by atoms with van der Waals surface area (Å²) in [5, 5.41) is 0. The highest BCUT2D eigenvalue weighted by atomic mass is 19.1. The Hall–Kier alpha value is -1.09. The Morgan fingerprint density at radius 3 is 2.47 bits per heavy atom. The van der Waals surface area contributed by atoms with Crippen LogP contribution in [-0.2, 0) is 6.42 Å². The zero-order valence-corrected chi connectivity index (χ0v) is 10.9. The molecule has 0 amide bonds. The van der Waals surface area contributed by atoms with Crippen LogP contribution in [0.15, 0.2) is 18.2 Å². The number of para-hydroxylation sites is 1. The Kier molecular flexibility index (Phi) is 5.42. The molecule has 0 saturated heterocycles. The molecule has 2 N–H and O–H groups in total. The summed E-state index contributed by atoms with van der Waals surface area (Å²) in [6, 6.07) is 5.01. The van der Waals surface area contributed by atoms with E-state index in [1.807, 2.05) is 26.8 Å². The molecule has 96 valence electrons. The van der Waals surface area contributed by atoms with E-state index >= 15 is 0 Å². The Balaban J connectivity index is 2.94. The number of ether oxygens (including phenoxy) is 1. The Bertz CT molecular complexity index is 348. The molecular weight excluding hydrogens is 217 g/mol. The summed E-state index contributed by atoms with van der Waals surface area (Å²) in [7, 11) is 0. The standard InChI is InChI=1S/C14H22FNO/c1-4-12(5-2)17-14-11(9-10(3)16)7-6-8-13(14)15/h6-8,10,12H,4-5,9,16H2,1-3H3. The van der Waals surface area contributed by atoms with E-state index in [-0.39, 0.29) is 18.0 Å². The minimum Gasteiger partial charge on any atom is -0.487 e. The highest BCUT2D eigenvalue weighted by molar-refractivity contribution is 5.35. The summed E-state index contributed by atoms with van der Waals surface area (Å²) < 4.78 is 19.5. The molecule has 1 aromatic carbocycles. The third-order valence-electron chi connectivity index (χ3n) is 2.79. The maximum atomic E-state index is 13.8. The molecule has 0 heterocycles. The molecule has 0 spiro atoms. The van der Waals surface area contributed by atoms with Crippen LogP contribution in [-0.4, -0.2) is 12.1 Å². The zero-order chi connectivity index (χ0) is 12.8. The highest BCUT2D eigenvalue weighted by Crippen LogP contribution is 2.26. The number of benzene rings is 1. The quantitative estimate of drug-likeness (QED) is 0.826. The van der Waals surface area contributed by atoms with Gasteiger partial charge >= 0.3 is 0 Å². The predicted molar refractivity (Wildman–Crippen MR) is 68.8 cm³/mol. The third-order valence-corrected chi connectivity index (χ3v) is 2.79. The molecule has 0 bridgehead atoms. The lowest BCUT2D eigenvalue weighted by Crippen LogP contribution is -2.20. The highest BCUT2D eigenvalue weighted by Gasteiger charge is 2.14. The maximum absolute atomic E-state index is 13.8. The van der Waals surface area contributed by atoms with Crippen LogP contribution in [0, 0.1) is 5.82 Å². The molecule has 0 aliphatic heterocycles. The van der Waals surface area contributed by atoms with Crippen LogP contribution in [0.4, 0.5) is 4.39 Å². The number of halogens is 1. The first-order valence-corrected chi connectivity index (χ1v) is 6.28. The molecule has 1 aromatic rings. The largest absolute Gasteiger partial charge is 0.487 e. The number of hydrogen-bond acceptors (Lipinski definition) is 2. The third kappa shape index (κ3) is 4.00. The summed E-state index contributed by atoms with van der Waals surface area (Å²) in [5.41, 5.74) is 6.61. The average Bonchev–Trinajstić information content (AvgIpc) is 2.28. The smallest absolute Gasteiger partial charge is 0.165 e. The molecule has 0 fully saturated rings. The van der Waals surface area contributed by atoms with Crippen molar-refractivity contribution in [1.82, 2.24) is 0 Å². The van der Waals surface area contributed by atoms with E-state index in [0.29, 0.717) is 12.2 Å². The zero-order valence-electron chi connectivity index (χ0n) is 10.9. The number of rotatable bonds is 6. The monoisotopic (exact) mass is 239 g/mol. The number of nitrogens with two attached hydrogens (primary N) is 1. The lowest BCUT2D eigenvalue weighted by atomic mass is 10.1. The van der Waals surface area contributed by atoms with Crippen molar-refractivity contribution in [3.63, 3.8) is 0 Å². The topological polar surface area (TPSA) is 35.2 Å². The Labute approximate surface area is 103 Å². The van der Waals surface area contributed by atoms with Crippen LogP contribution in [0.25, 0.3) is 0 Å². The van der Waals surface area contributed by atoms with Gasteiger partial charge in [0.2, 0.25) is 0 Å². The van der Waals surface area contributed by atoms with Crippen LogP contribution in [0.1, 0.15) is 39.2 Å². The fourth-order valence-electron chi connectivity index (χ4n) is 1.82. The molecule has 1 rings (SSSR count). The van der Waals surface area contributed by atoms with Gasteiger partial charge in [0.25, 0.3) is 0 Å². The van der Waals surface area contributed by atoms with E-state index in [0.717, 1.165) is 18.4 Å². The first-order chi connectivity index (χ1) is 8.08. The minimum atomic E-state index is -0.296. The second kappa shape index (κ2) is 6.60. The van der Waals surface area contributed by atoms with E-state index in [1.54, 1.807) is 6.07 Å². The first kappa shape index (κ1) is 14.0. The van der Waals surface area contributed by atoms with E-state index in [1.165, 1.54) is 6.07 Å². The van der Waals surface area contributed by atoms with Crippen molar-refractivity contribution in [2.45, 2.75) is 52.2 Å². The van der Waals surface area contributed by atoms with Crippen LogP contribution in [0.3, 0.4) is 0 Å². The molecule has 3 heteroatoms. The van der Waals surface area contributed by atoms with Gasteiger partial charge in [-0.2, -0.15) is 0 Å². The van der Waals surface area contributed by atoms with Gasteiger partial charge in [0.05, 0.1) is 6.10 Å². The van der Waals surface area contributed by atoms with E-state index in [9.17, 15) is 4.39 Å². The van der Waals surface area contributed by atoms with Gasteiger partial charge in [0, 0.05) is 6.04 Å². The molecule has 0 aliphatic rings. The maximum Gasteiger partial charge on any atom is 0.165 e.